The highest BCUT2D eigenvalue weighted by Crippen LogP contribution is 2.02. The molecule has 0 aromatic heterocycles. The monoisotopic (exact) mass is 232 g/mol. The summed E-state index contributed by atoms with van der Waals surface area (Å²) in [7, 11) is 0. The maximum absolute atomic E-state index is 11.8. The zero-order valence-electron chi connectivity index (χ0n) is 10.2. The van der Waals surface area contributed by atoms with Crippen molar-refractivity contribution in [1.82, 2.24) is 5.32 Å². The van der Waals surface area contributed by atoms with Crippen LogP contribution in [-0.4, -0.2) is 18.0 Å². The maximum Gasteiger partial charge on any atom is 0.237 e. The van der Waals surface area contributed by atoms with Gasteiger partial charge in [-0.2, -0.15) is 0 Å². The van der Waals surface area contributed by atoms with Crippen molar-refractivity contribution in [2.45, 2.75) is 31.8 Å². The second kappa shape index (κ2) is 6.86. The molecule has 0 heterocycles. The van der Waals surface area contributed by atoms with Gasteiger partial charge >= 0.3 is 0 Å². The summed E-state index contributed by atoms with van der Waals surface area (Å²) < 4.78 is 0. The molecule has 0 fully saturated rings. The van der Waals surface area contributed by atoms with E-state index >= 15 is 0 Å². The highest BCUT2D eigenvalue weighted by molar-refractivity contribution is 5.82. The summed E-state index contributed by atoms with van der Waals surface area (Å²) in [6.45, 7) is 5.58. The minimum atomic E-state index is -0.496. The fourth-order valence-corrected chi connectivity index (χ4v) is 1.62. The maximum atomic E-state index is 11.8. The SMILES string of the molecule is C=CCC(C)NC(=O)[C@H](N)Cc1ccccc1. The lowest BCUT2D eigenvalue weighted by Gasteiger charge is -2.16. The molecule has 3 nitrogen and oxygen atoms in total. The Bertz CT molecular complexity index is 362. The molecule has 3 N–H and O–H groups in total. The van der Waals surface area contributed by atoms with E-state index in [1.165, 1.54) is 0 Å². The van der Waals surface area contributed by atoms with E-state index in [-0.39, 0.29) is 11.9 Å². The molecule has 1 aromatic carbocycles. The van der Waals surface area contributed by atoms with E-state index in [0.29, 0.717) is 6.42 Å². The molecule has 3 heteroatoms. The van der Waals surface area contributed by atoms with Crippen LogP contribution in [0.5, 0.6) is 0 Å². The number of carbonyl (C=O) groups is 1. The van der Waals surface area contributed by atoms with Crippen LogP contribution in [-0.2, 0) is 11.2 Å². The van der Waals surface area contributed by atoms with Gasteiger partial charge in [-0.1, -0.05) is 36.4 Å². The Kier molecular flexibility index (Phi) is 5.43. The van der Waals surface area contributed by atoms with Crippen molar-refractivity contribution < 1.29 is 4.79 Å². The summed E-state index contributed by atoms with van der Waals surface area (Å²) in [4.78, 5) is 11.8. The standard InChI is InChI=1S/C14H20N2O/c1-3-7-11(2)16-14(17)13(15)10-12-8-5-4-6-9-12/h3-6,8-9,11,13H,1,7,10,15H2,2H3,(H,16,17)/t11?,13-/m1/s1. The molecule has 0 bridgehead atoms. The Labute approximate surface area is 103 Å². The summed E-state index contributed by atoms with van der Waals surface area (Å²) in [5.41, 5.74) is 6.93. The lowest BCUT2D eigenvalue weighted by atomic mass is 10.1. The van der Waals surface area contributed by atoms with Crippen LogP contribution >= 0.6 is 0 Å². The Hall–Kier alpha value is -1.61. The molecular weight excluding hydrogens is 212 g/mol. The minimum Gasteiger partial charge on any atom is -0.352 e. The molecule has 92 valence electrons. The molecule has 2 atom stereocenters. The van der Waals surface area contributed by atoms with Crippen LogP contribution in [0.25, 0.3) is 0 Å². The fraction of sp³-hybridized carbons (Fsp3) is 0.357. The van der Waals surface area contributed by atoms with Crippen molar-refractivity contribution in [1.29, 1.82) is 0 Å². The molecule has 17 heavy (non-hydrogen) atoms. The van der Waals surface area contributed by atoms with Gasteiger partial charge in [0.05, 0.1) is 6.04 Å². The number of nitrogens with two attached hydrogens (primary N) is 1. The minimum absolute atomic E-state index is 0.0850. The molecule has 0 spiro atoms. The van der Waals surface area contributed by atoms with Crippen LogP contribution in [0.3, 0.4) is 0 Å². The smallest absolute Gasteiger partial charge is 0.237 e. The van der Waals surface area contributed by atoms with Crippen molar-refractivity contribution in [3.8, 4) is 0 Å². The van der Waals surface area contributed by atoms with E-state index in [9.17, 15) is 4.79 Å². The van der Waals surface area contributed by atoms with Crippen LogP contribution < -0.4 is 11.1 Å². The van der Waals surface area contributed by atoms with Crippen molar-refractivity contribution in [2.75, 3.05) is 0 Å². The second-order valence-electron chi connectivity index (χ2n) is 4.23. The summed E-state index contributed by atoms with van der Waals surface area (Å²) in [5.74, 6) is -0.108. The van der Waals surface area contributed by atoms with Crippen LogP contribution in [0.15, 0.2) is 43.0 Å². The molecule has 0 saturated heterocycles. The summed E-state index contributed by atoms with van der Waals surface area (Å²) >= 11 is 0. The molecule has 0 radical (unpaired) electrons. The number of hydrogen-bond acceptors (Lipinski definition) is 2. The Morgan fingerprint density at radius 3 is 2.71 bits per heavy atom. The number of rotatable bonds is 6. The first-order valence-electron chi connectivity index (χ1n) is 5.84. The lowest BCUT2D eigenvalue weighted by molar-refractivity contribution is -0.122. The molecule has 1 unspecified atom stereocenters. The summed E-state index contributed by atoms with van der Waals surface area (Å²) in [5, 5.41) is 2.87. The van der Waals surface area contributed by atoms with Gasteiger partial charge in [-0.25, -0.2) is 0 Å². The Morgan fingerprint density at radius 1 is 1.47 bits per heavy atom. The third-order valence-electron chi connectivity index (χ3n) is 2.54. The third-order valence-corrected chi connectivity index (χ3v) is 2.54. The highest BCUT2D eigenvalue weighted by Gasteiger charge is 2.15. The molecular formula is C14H20N2O. The number of carbonyl (C=O) groups excluding carboxylic acids is 1. The predicted molar refractivity (Wildman–Crippen MR) is 70.5 cm³/mol. The van der Waals surface area contributed by atoms with E-state index in [0.717, 1.165) is 12.0 Å². The average Bonchev–Trinajstić information content (AvgIpc) is 2.30. The molecule has 0 aliphatic rings. The molecule has 1 amide bonds. The van der Waals surface area contributed by atoms with Gasteiger partial charge in [0.25, 0.3) is 0 Å². The average molecular weight is 232 g/mol. The number of amides is 1. The van der Waals surface area contributed by atoms with Gasteiger partial charge in [0, 0.05) is 6.04 Å². The van der Waals surface area contributed by atoms with E-state index in [1.54, 1.807) is 6.08 Å². The quantitative estimate of drug-likeness (QED) is 0.733. The Balaban J connectivity index is 2.44. The van der Waals surface area contributed by atoms with E-state index in [1.807, 2.05) is 37.3 Å². The zero-order valence-corrected chi connectivity index (χ0v) is 10.2. The van der Waals surface area contributed by atoms with Crippen LogP contribution in [0.4, 0.5) is 0 Å². The van der Waals surface area contributed by atoms with Gasteiger partial charge in [-0.15, -0.1) is 6.58 Å². The van der Waals surface area contributed by atoms with Gasteiger partial charge < -0.3 is 11.1 Å². The van der Waals surface area contributed by atoms with Crippen molar-refractivity contribution in [2.24, 2.45) is 5.73 Å². The van der Waals surface area contributed by atoms with Gasteiger partial charge in [0.15, 0.2) is 0 Å². The van der Waals surface area contributed by atoms with Crippen LogP contribution in [0.1, 0.15) is 18.9 Å². The predicted octanol–water partition coefficient (Wildman–Crippen LogP) is 1.64. The van der Waals surface area contributed by atoms with Crippen molar-refractivity contribution >= 4 is 5.91 Å². The Morgan fingerprint density at radius 2 is 2.12 bits per heavy atom. The largest absolute Gasteiger partial charge is 0.352 e. The fourth-order valence-electron chi connectivity index (χ4n) is 1.62. The zero-order chi connectivity index (χ0) is 12.7. The van der Waals surface area contributed by atoms with E-state index in [4.69, 9.17) is 5.73 Å². The molecule has 1 aromatic rings. The molecule has 1 rings (SSSR count). The van der Waals surface area contributed by atoms with Gasteiger partial charge in [0.2, 0.25) is 5.91 Å². The van der Waals surface area contributed by atoms with E-state index in [2.05, 4.69) is 11.9 Å². The van der Waals surface area contributed by atoms with Crippen molar-refractivity contribution in [3.63, 3.8) is 0 Å². The first-order chi connectivity index (χ1) is 8.13. The highest BCUT2D eigenvalue weighted by atomic mass is 16.2. The number of nitrogens with one attached hydrogen (secondary N) is 1. The summed E-state index contributed by atoms with van der Waals surface area (Å²) in [6.07, 6.45) is 3.10. The van der Waals surface area contributed by atoms with Gasteiger partial charge in [-0.05, 0) is 25.3 Å². The first-order valence-corrected chi connectivity index (χ1v) is 5.84. The third kappa shape index (κ3) is 4.83. The van der Waals surface area contributed by atoms with Crippen molar-refractivity contribution in [3.05, 3.63) is 48.6 Å². The molecule has 0 saturated carbocycles. The second-order valence-corrected chi connectivity index (χ2v) is 4.23. The first kappa shape index (κ1) is 13.5. The summed E-state index contributed by atoms with van der Waals surface area (Å²) in [6, 6.07) is 9.37. The molecule has 0 aliphatic heterocycles. The molecule has 0 aliphatic carbocycles. The van der Waals surface area contributed by atoms with Gasteiger partial charge in [0.1, 0.15) is 0 Å². The van der Waals surface area contributed by atoms with Crippen LogP contribution in [0.2, 0.25) is 0 Å². The van der Waals surface area contributed by atoms with E-state index < -0.39 is 6.04 Å². The lowest BCUT2D eigenvalue weighted by Crippen LogP contribution is -2.45. The number of hydrogen-bond donors (Lipinski definition) is 2. The number of benzene rings is 1. The normalized spacial score (nSPS) is 13.8. The van der Waals surface area contributed by atoms with Crippen LogP contribution in [0, 0.1) is 0 Å². The topological polar surface area (TPSA) is 55.1 Å². The van der Waals surface area contributed by atoms with Gasteiger partial charge in [-0.3, -0.25) is 4.79 Å².